The summed E-state index contributed by atoms with van der Waals surface area (Å²) in [6, 6.07) is 8.51. The van der Waals surface area contributed by atoms with Crippen LogP contribution in [-0.2, 0) is 19.2 Å². The van der Waals surface area contributed by atoms with Crippen molar-refractivity contribution in [1.82, 2.24) is 5.43 Å². The van der Waals surface area contributed by atoms with E-state index in [1.54, 1.807) is 0 Å². The zero-order valence-electron chi connectivity index (χ0n) is 9.49. The van der Waals surface area contributed by atoms with Crippen LogP contribution in [0.25, 0.3) is 0 Å². The fourth-order valence-corrected chi connectivity index (χ4v) is 2.03. The van der Waals surface area contributed by atoms with Crippen molar-refractivity contribution in [2.24, 2.45) is 5.10 Å². The van der Waals surface area contributed by atoms with Crippen molar-refractivity contribution in [3.8, 4) is 0 Å². The second kappa shape index (κ2) is 5.37. The molecule has 0 saturated heterocycles. The van der Waals surface area contributed by atoms with Gasteiger partial charge < -0.3 is 17.1 Å². The van der Waals surface area contributed by atoms with Crippen LogP contribution in [0.3, 0.4) is 0 Å². The topological polar surface area (TPSA) is 28.8 Å². The number of benzene rings is 1. The van der Waals surface area contributed by atoms with Gasteiger partial charge in [-0.3, -0.25) is 5.43 Å². The molecular formula is C12H17N3S. The lowest BCUT2D eigenvalue weighted by molar-refractivity contribution is -0.733. The first-order valence-corrected chi connectivity index (χ1v) is 6.05. The van der Waals surface area contributed by atoms with Crippen molar-refractivity contribution in [1.29, 1.82) is 0 Å². The van der Waals surface area contributed by atoms with Gasteiger partial charge in [-0.25, -0.2) is 0 Å². The Morgan fingerprint density at radius 3 is 3.00 bits per heavy atom. The number of aryl methyl sites for hydroxylation is 1. The molecule has 0 saturated carbocycles. The molecule has 16 heavy (non-hydrogen) atoms. The van der Waals surface area contributed by atoms with E-state index < -0.39 is 0 Å². The first-order chi connectivity index (χ1) is 7.77. The Labute approximate surface area is 102 Å². The normalized spacial score (nSPS) is 19.2. The van der Waals surface area contributed by atoms with E-state index in [1.807, 2.05) is 7.05 Å². The molecule has 1 aliphatic carbocycles. The summed E-state index contributed by atoms with van der Waals surface area (Å²) >= 11 is 5.01. The van der Waals surface area contributed by atoms with Crippen LogP contribution in [0.15, 0.2) is 29.4 Å². The van der Waals surface area contributed by atoms with Gasteiger partial charge in [-0.2, -0.15) is 5.10 Å². The molecule has 2 N–H and O–H groups in total. The average Bonchev–Trinajstić information content (AvgIpc) is 2.29. The van der Waals surface area contributed by atoms with Gasteiger partial charge in [-0.05, 0) is 24.8 Å². The molecule has 1 atom stereocenters. The van der Waals surface area contributed by atoms with Gasteiger partial charge in [-0.15, -0.1) is 0 Å². The summed E-state index contributed by atoms with van der Waals surface area (Å²) in [6.45, 7) is 0.682. The van der Waals surface area contributed by atoms with E-state index in [2.05, 4.69) is 34.8 Å². The highest BCUT2D eigenvalue weighted by Crippen LogP contribution is 2.20. The lowest BCUT2D eigenvalue weighted by Gasteiger charge is -2.19. The van der Waals surface area contributed by atoms with Crippen LogP contribution in [-0.4, -0.2) is 19.4 Å². The fourth-order valence-electron chi connectivity index (χ4n) is 1.96. The summed E-state index contributed by atoms with van der Waals surface area (Å²) in [5.41, 5.74) is 6.91. The maximum Gasteiger partial charge on any atom is 0.149 e. The quantitative estimate of drug-likeness (QED) is 0.447. The summed E-state index contributed by atoms with van der Waals surface area (Å²) in [4.78, 5) is 0. The highest BCUT2D eigenvalue weighted by Gasteiger charge is 2.14. The van der Waals surface area contributed by atoms with Gasteiger partial charge >= 0.3 is 0 Å². The SMILES string of the molecule is C[NH+]([S-])CN/N=C1\CCCc2ccccc21. The molecule has 1 aromatic rings. The Hall–Kier alpha value is -1.00. The maximum atomic E-state index is 5.01. The Morgan fingerprint density at radius 2 is 2.19 bits per heavy atom. The maximum absolute atomic E-state index is 5.01. The largest absolute Gasteiger partial charge is 0.494 e. The third-order valence-corrected chi connectivity index (χ3v) is 2.87. The summed E-state index contributed by atoms with van der Waals surface area (Å²) in [6.07, 6.45) is 3.41. The van der Waals surface area contributed by atoms with Crippen LogP contribution in [0.5, 0.6) is 0 Å². The predicted molar refractivity (Wildman–Crippen MR) is 68.2 cm³/mol. The lowest BCUT2D eigenvalue weighted by Crippen LogP contribution is -3.05. The van der Waals surface area contributed by atoms with Gasteiger partial charge in [0.1, 0.15) is 6.67 Å². The molecule has 0 heterocycles. The molecule has 1 aromatic carbocycles. The fraction of sp³-hybridized carbons (Fsp3) is 0.417. The molecule has 0 aliphatic heterocycles. The Bertz CT molecular complexity index is 388. The molecule has 0 aromatic heterocycles. The van der Waals surface area contributed by atoms with Gasteiger partial charge in [0.05, 0.1) is 12.8 Å². The van der Waals surface area contributed by atoms with Gasteiger partial charge in [0.2, 0.25) is 0 Å². The Morgan fingerprint density at radius 1 is 1.38 bits per heavy atom. The van der Waals surface area contributed by atoms with Gasteiger partial charge in [-0.1, -0.05) is 24.3 Å². The molecule has 2 rings (SSSR count). The van der Waals surface area contributed by atoms with E-state index in [4.69, 9.17) is 12.8 Å². The summed E-state index contributed by atoms with van der Waals surface area (Å²) in [5, 5.41) is 4.44. The van der Waals surface area contributed by atoms with Gasteiger partial charge in [0.25, 0.3) is 0 Å². The molecular weight excluding hydrogens is 218 g/mol. The van der Waals surface area contributed by atoms with Crippen molar-refractivity contribution in [3.63, 3.8) is 0 Å². The first-order valence-electron chi connectivity index (χ1n) is 5.64. The highest BCUT2D eigenvalue weighted by atomic mass is 32.1. The first kappa shape index (κ1) is 11.5. The van der Waals surface area contributed by atoms with Crippen LogP contribution in [0.2, 0.25) is 0 Å². The minimum absolute atomic E-state index is 0.682. The molecule has 0 amide bonds. The minimum atomic E-state index is 0.682. The van der Waals surface area contributed by atoms with Crippen molar-refractivity contribution >= 4 is 18.5 Å². The van der Waals surface area contributed by atoms with E-state index >= 15 is 0 Å². The molecule has 4 heteroatoms. The van der Waals surface area contributed by atoms with Crippen molar-refractivity contribution in [2.75, 3.05) is 13.7 Å². The molecule has 0 spiro atoms. The highest BCUT2D eigenvalue weighted by molar-refractivity contribution is 7.51. The second-order valence-electron chi connectivity index (χ2n) is 4.11. The van der Waals surface area contributed by atoms with Gasteiger partial charge in [0, 0.05) is 5.56 Å². The third kappa shape index (κ3) is 2.77. The van der Waals surface area contributed by atoms with Crippen LogP contribution < -0.4 is 9.73 Å². The summed E-state index contributed by atoms with van der Waals surface area (Å²) in [7, 11) is 1.93. The van der Waals surface area contributed by atoms with E-state index in [1.165, 1.54) is 24.0 Å². The summed E-state index contributed by atoms with van der Waals surface area (Å²) < 4.78 is 0.938. The van der Waals surface area contributed by atoms with Crippen LogP contribution in [0.1, 0.15) is 24.0 Å². The number of rotatable bonds is 3. The van der Waals surface area contributed by atoms with Crippen LogP contribution in [0.4, 0.5) is 0 Å². The van der Waals surface area contributed by atoms with Crippen molar-refractivity contribution < 1.29 is 4.31 Å². The summed E-state index contributed by atoms with van der Waals surface area (Å²) in [5.74, 6) is 0. The average molecular weight is 235 g/mol. The van der Waals surface area contributed by atoms with Gasteiger partial charge in [0.15, 0.2) is 0 Å². The number of nitrogens with one attached hydrogen (secondary N) is 2. The molecule has 0 radical (unpaired) electrons. The number of hydrogen-bond acceptors (Lipinski definition) is 3. The van der Waals surface area contributed by atoms with E-state index in [0.29, 0.717) is 6.67 Å². The zero-order valence-corrected chi connectivity index (χ0v) is 10.3. The van der Waals surface area contributed by atoms with E-state index in [0.717, 1.165) is 16.4 Å². The van der Waals surface area contributed by atoms with Crippen molar-refractivity contribution in [2.45, 2.75) is 19.3 Å². The Balaban J connectivity index is 2.12. The molecule has 1 unspecified atom stereocenters. The predicted octanol–water partition coefficient (Wildman–Crippen LogP) is 0.251. The van der Waals surface area contributed by atoms with Crippen LogP contribution >= 0.6 is 0 Å². The molecule has 0 fully saturated rings. The monoisotopic (exact) mass is 235 g/mol. The lowest BCUT2D eigenvalue weighted by atomic mass is 9.90. The zero-order chi connectivity index (χ0) is 11.4. The molecule has 0 bridgehead atoms. The third-order valence-electron chi connectivity index (χ3n) is 2.73. The number of quaternary nitrogens is 1. The van der Waals surface area contributed by atoms with Crippen LogP contribution in [0, 0.1) is 0 Å². The molecule has 3 nitrogen and oxygen atoms in total. The molecule has 86 valence electrons. The number of hydrazone groups is 1. The number of fused-ring (bicyclic) bond motifs is 1. The van der Waals surface area contributed by atoms with Crippen molar-refractivity contribution in [3.05, 3.63) is 35.4 Å². The number of hydrogen-bond donors (Lipinski definition) is 2. The van der Waals surface area contributed by atoms with E-state index in [9.17, 15) is 0 Å². The Kier molecular flexibility index (Phi) is 3.85. The number of nitrogens with zero attached hydrogens (tertiary/aromatic N) is 1. The smallest absolute Gasteiger partial charge is 0.149 e. The molecule has 1 aliphatic rings. The standard InChI is InChI=1S/C12H17N3S/c1-15(16)9-13-14-12-8-4-6-10-5-2-3-7-11(10)12/h2-3,5,7,13,15H,4,6,8-9H2,1H3/b14-12+. The second-order valence-corrected chi connectivity index (χ2v) is 4.80. The minimum Gasteiger partial charge on any atom is -0.494 e. The van der Waals surface area contributed by atoms with E-state index in [-0.39, 0.29) is 0 Å².